The van der Waals surface area contributed by atoms with Crippen LogP contribution in [-0.4, -0.2) is 39.3 Å². The SMILES string of the molecule is CCOC(=O)C[C@@]1(C)N[C@H](C(=O)O)C(C)(C)S1. The van der Waals surface area contributed by atoms with Gasteiger partial charge in [0.15, 0.2) is 0 Å². The number of ether oxygens (including phenoxy) is 1. The summed E-state index contributed by atoms with van der Waals surface area (Å²) in [6, 6.07) is -0.660. The highest BCUT2D eigenvalue weighted by atomic mass is 32.2. The Morgan fingerprint density at radius 1 is 1.41 bits per heavy atom. The van der Waals surface area contributed by atoms with Gasteiger partial charge >= 0.3 is 11.9 Å². The van der Waals surface area contributed by atoms with Crippen LogP contribution >= 0.6 is 11.8 Å². The van der Waals surface area contributed by atoms with Crippen LogP contribution < -0.4 is 5.32 Å². The zero-order chi connectivity index (χ0) is 13.3. The first-order valence-electron chi connectivity index (χ1n) is 5.56. The second kappa shape index (κ2) is 4.86. The molecule has 0 unspecified atom stereocenters. The molecule has 0 spiro atoms. The fourth-order valence-electron chi connectivity index (χ4n) is 2.08. The minimum atomic E-state index is -0.893. The van der Waals surface area contributed by atoms with Crippen LogP contribution in [0.4, 0.5) is 0 Å². The van der Waals surface area contributed by atoms with E-state index >= 15 is 0 Å². The average Bonchev–Trinajstić information content (AvgIpc) is 2.35. The molecule has 0 aliphatic carbocycles. The summed E-state index contributed by atoms with van der Waals surface area (Å²) in [7, 11) is 0. The van der Waals surface area contributed by atoms with Crippen molar-refractivity contribution in [3.8, 4) is 0 Å². The molecule has 0 bridgehead atoms. The number of aliphatic carboxylic acids is 1. The fraction of sp³-hybridized carbons (Fsp3) is 0.818. The van der Waals surface area contributed by atoms with Gasteiger partial charge in [-0.15, -0.1) is 11.8 Å². The number of carbonyl (C=O) groups is 2. The Kier molecular flexibility index (Phi) is 4.09. The van der Waals surface area contributed by atoms with E-state index in [1.807, 2.05) is 20.8 Å². The van der Waals surface area contributed by atoms with Crippen molar-refractivity contribution >= 4 is 23.7 Å². The summed E-state index contributed by atoms with van der Waals surface area (Å²) in [5.74, 6) is -1.20. The number of hydrogen-bond donors (Lipinski definition) is 2. The molecule has 1 aliphatic rings. The van der Waals surface area contributed by atoms with Gasteiger partial charge in [0.2, 0.25) is 0 Å². The van der Waals surface area contributed by atoms with Gasteiger partial charge in [0.25, 0.3) is 0 Å². The van der Waals surface area contributed by atoms with Crippen LogP contribution in [0.25, 0.3) is 0 Å². The van der Waals surface area contributed by atoms with Gasteiger partial charge in [-0.25, -0.2) is 0 Å². The maximum absolute atomic E-state index is 11.5. The lowest BCUT2D eigenvalue weighted by Gasteiger charge is -2.24. The van der Waals surface area contributed by atoms with Gasteiger partial charge in [-0.05, 0) is 27.7 Å². The Morgan fingerprint density at radius 3 is 2.41 bits per heavy atom. The maximum Gasteiger partial charge on any atom is 0.322 e. The van der Waals surface area contributed by atoms with Crippen LogP contribution in [0.5, 0.6) is 0 Å². The third-order valence-corrected chi connectivity index (χ3v) is 4.14. The third-order valence-electron chi connectivity index (χ3n) is 2.67. The number of esters is 1. The Bertz CT molecular complexity index is 331. The number of hydrogen-bond acceptors (Lipinski definition) is 5. The van der Waals surface area contributed by atoms with Crippen molar-refractivity contribution in [1.29, 1.82) is 0 Å². The summed E-state index contributed by atoms with van der Waals surface area (Å²) in [6.07, 6.45) is 0.165. The zero-order valence-corrected chi connectivity index (χ0v) is 11.4. The van der Waals surface area contributed by atoms with Crippen LogP contribution in [0, 0.1) is 0 Å². The van der Waals surface area contributed by atoms with Gasteiger partial charge in [-0.3, -0.25) is 14.9 Å². The summed E-state index contributed by atoms with van der Waals surface area (Å²) < 4.78 is 4.44. The highest BCUT2D eigenvalue weighted by Crippen LogP contribution is 2.46. The van der Waals surface area contributed by atoms with E-state index in [0.717, 1.165) is 0 Å². The normalized spacial score (nSPS) is 31.2. The van der Waals surface area contributed by atoms with Crippen molar-refractivity contribution in [2.45, 2.75) is 49.8 Å². The molecule has 0 aromatic heterocycles. The van der Waals surface area contributed by atoms with Crippen LogP contribution in [0.15, 0.2) is 0 Å². The number of carboxylic acids is 1. The van der Waals surface area contributed by atoms with Crippen LogP contribution in [0.3, 0.4) is 0 Å². The van der Waals surface area contributed by atoms with E-state index in [0.29, 0.717) is 6.61 Å². The Morgan fingerprint density at radius 2 is 2.00 bits per heavy atom. The summed E-state index contributed by atoms with van der Waals surface area (Å²) >= 11 is 1.47. The highest BCUT2D eigenvalue weighted by Gasteiger charge is 2.51. The fourth-order valence-corrected chi connectivity index (χ4v) is 3.89. The second-order valence-electron chi connectivity index (χ2n) is 4.83. The summed E-state index contributed by atoms with van der Waals surface area (Å²) in [4.78, 5) is 22.0. The molecule has 2 atom stereocenters. The first-order chi connectivity index (χ1) is 7.70. The molecule has 0 aromatic rings. The van der Waals surface area contributed by atoms with Gasteiger partial charge in [0.1, 0.15) is 6.04 Å². The number of thioether (sulfide) groups is 1. The molecular weight excluding hydrogens is 242 g/mol. The molecule has 1 rings (SSSR count). The van der Waals surface area contributed by atoms with Crippen molar-refractivity contribution in [2.24, 2.45) is 0 Å². The van der Waals surface area contributed by atoms with E-state index in [1.165, 1.54) is 11.8 Å². The molecule has 0 radical (unpaired) electrons. The highest BCUT2D eigenvalue weighted by molar-refractivity contribution is 8.02. The Hall–Kier alpha value is -0.750. The molecule has 1 saturated heterocycles. The van der Waals surface area contributed by atoms with E-state index in [4.69, 9.17) is 9.84 Å². The summed E-state index contributed by atoms with van der Waals surface area (Å²) in [5, 5.41) is 12.1. The smallest absolute Gasteiger partial charge is 0.322 e. The number of rotatable bonds is 4. The number of nitrogens with one attached hydrogen (secondary N) is 1. The maximum atomic E-state index is 11.5. The van der Waals surface area contributed by atoms with Gasteiger partial charge < -0.3 is 9.84 Å². The number of carboxylic acid groups (broad SMARTS) is 1. The molecule has 0 amide bonds. The first-order valence-corrected chi connectivity index (χ1v) is 6.38. The van der Waals surface area contributed by atoms with Gasteiger partial charge in [0.05, 0.1) is 17.9 Å². The predicted molar refractivity (Wildman–Crippen MR) is 65.9 cm³/mol. The van der Waals surface area contributed by atoms with E-state index in [9.17, 15) is 9.59 Å². The van der Waals surface area contributed by atoms with E-state index < -0.39 is 21.6 Å². The molecule has 17 heavy (non-hydrogen) atoms. The van der Waals surface area contributed by atoms with Crippen molar-refractivity contribution in [3.05, 3.63) is 0 Å². The molecule has 1 fully saturated rings. The topological polar surface area (TPSA) is 75.6 Å². The Labute approximate surface area is 105 Å². The van der Waals surface area contributed by atoms with Crippen LogP contribution in [-0.2, 0) is 14.3 Å². The molecule has 5 nitrogen and oxygen atoms in total. The monoisotopic (exact) mass is 261 g/mol. The molecule has 0 aromatic carbocycles. The molecule has 1 heterocycles. The molecule has 6 heteroatoms. The van der Waals surface area contributed by atoms with Crippen LogP contribution in [0.1, 0.15) is 34.1 Å². The molecule has 1 aliphatic heterocycles. The standard InChI is InChI=1S/C11H19NO4S/c1-5-16-7(13)6-11(4)12-8(9(14)15)10(2,3)17-11/h8,12H,5-6H2,1-4H3,(H,14,15)/t8-,11+/m1/s1. The van der Waals surface area contributed by atoms with Crippen molar-refractivity contribution in [3.63, 3.8) is 0 Å². The van der Waals surface area contributed by atoms with Crippen LogP contribution in [0.2, 0.25) is 0 Å². The van der Waals surface area contributed by atoms with Gasteiger partial charge in [-0.2, -0.15) is 0 Å². The molecule has 98 valence electrons. The van der Waals surface area contributed by atoms with Crippen molar-refractivity contribution in [1.82, 2.24) is 5.32 Å². The zero-order valence-electron chi connectivity index (χ0n) is 10.6. The predicted octanol–water partition coefficient (Wildman–Crippen LogP) is 1.22. The minimum Gasteiger partial charge on any atom is -0.480 e. The average molecular weight is 261 g/mol. The lowest BCUT2D eigenvalue weighted by atomic mass is 10.0. The molecule has 0 saturated carbocycles. The lowest BCUT2D eigenvalue weighted by Crippen LogP contribution is -2.48. The van der Waals surface area contributed by atoms with E-state index in [-0.39, 0.29) is 12.4 Å². The Balaban J connectivity index is 2.74. The van der Waals surface area contributed by atoms with Crippen molar-refractivity contribution in [2.75, 3.05) is 6.61 Å². The summed E-state index contributed by atoms with van der Waals surface area (Å²) in [5.41, 5.74) is 0. The first kappa shape index (κ1) is 14.3. The quantitative estimate of drug-likeness (QED) is 0.741. The molecular formula is C11H19NO4S. The van der Waals surface area contributed by atoms with E-state index in [1.54, 1.807) is 6.92 Å². The third kappa shape index (κ3) is 3.35. The largest absolute Gasteiger partial charge is 0.480 e. The van der Waals surface area contributed by atoms with Crippen molar-refractivity contribution < 1.29 is 19.4 Å². The van der Waals surface area contributed by atoms with Gasteiger partial charge in [0, 0.05) is 4.75 Å². The minimum absolute atomic E-state index is 0.165. The summed E-state index contributed by atoms with van der Waals surface area (Å²) in [6.45, 7) is 7.64. The lowest BCUT2D eigenvalue weighted by molar-refractivity contribution is -0.145. The second-order valence-corrected chi connectivity index (χ2v) is 6.99. The molecule has 2 N–H and O–H groups in total. The number of carbonyl (C=O) groups excluding carboxylic acids is 1. The van der Waals surface area contributed by atoms with E-state index in [2.05, 4.69) is 5.32 Å². The van der Waals surface area contributed by atoms with Gasteiger partial charge in [-0.1, -0.05) is 0 Å².